The van der Waals surface area contributed by atoms with Crippen LogP contribution in [0.2, 0.25) is 0 Å². The molecule has 4 rings (SSSR count). The van der Waals surface area contributed by atoms with Crippen LogP contribution in [0.15, 0.2) is 28.7 Å². The van der Waals surface area contributed by atoms with E-state index in [1.54, 1.807) is 17.8 Å². The highest BCUT2D eigenvalue weighted by atomic mass is 16.4. The summed E-state index contributed by atoms with van der Waals surface area (Å²) in [7, 11) is 0. The first-order chi connectivity index (χ1) is 15.0. The summed E-state index contributed by atoms with van der Waals surface area (Å²) < 4.78 is 5.48. The van der Waals surface area contributed by atoms with Crippen molar-refractivity contribution in [2.24, 2.45) is 5.92 Å². The second-order valence-electron chi connectivity index (χ2n) is 8.09. The Balaban J connectivity index is 1.36. The van der Waals surface area contributed by atoms with E-state index < -0.39 is 0 Å². The van der Waals surface area contributed by atoms with Crippen LogP contribution in [0.4, 0.5) is 0 Å². The summed E-state index contributed by atoms with van der Waals surface area (Å²) in [6.07, 6.45) is 6.20. The topological polar surface area (TPSA) is 103 Å². The molecule has 0 atom stereocenters. The predicted octanol–water partition coefficient (Wildman–Crippen LogP) is 2.52. The van der Waals surface area contributed by atoms with Crippen molar-refractivity contribution in [3.8, 4) is 0 Å². The van der Waals surface area contributed by atoms with Gasteiger partial charge in [-0.1, -0.05) is 23.8 Å². The average Bonchev–Trinajstić information content (AvgIpc) is 3.35. The first kappa shape index (κ1) is 20.9. The van der Waals surface area contributed by atoms with Crippen LogP contribution >= 0.6 is 0 Å². The maximum absolute atomic E-state index is 12.7. The summed E-state index contributed by atoms with van der Waals surface area (Å²) in [4.78, 5) is 16.2. The first-order valence-corrected chi connectivity index (χ1v) is 10.6. The first-order valence-electron chi connectivity index (χ1n) is 10.6. The molecule has 0 unspecified atom stereocenters. The fourth-order valence-electron chi connectivity index (χ4n) is 3.87. The molecule has 3 aromatic rings. The fourth-order valence-corrected chi connectivity index (χ4v) is 3.87. The van der Waals surface area contributed by atoms with Gasteiger partial charge in [-0.3, -0.25) is 4.79 Å². The van der Waals surface area contributed by atoms with E-state index in [2.05, 4.69) is 31.7 Å². The number of amides is 1. The average molecular weight is 422 g/mol. The number of aryl methyl sites for hydroxylation is 3. The Bertz CT molecular complexity index is 1080. The Morgan fingerprint density at radius 3 is 2.65 bits per heavy atom. The van der Waals surface area contributed by atoms with Gasteiger partial charge in [0.2, 0.25) is 17.7 Å². The SMILES string of the molecule is Cc1ccc(C=CC(=O)N2CCC(Cc3nnc(C)o3)CC2)c(Cn2nnc(C)n2)c1. The maximum atomic E-state index is 12.7. The normalized spacial score (nSPS) is 15.1. The van der Waals surface area contributed by atoms with Gasteiger partial charge in [-0.05, 0) is 55.0 Å². The third kappa shape index (κ3) is 5.42. The lowest BCUT2D eigenvalue weighted by atomic mass is 9.93. The lowest BCUT2D eigenvalue weighted by Crippen LogP contribution is -2.38. The van der Waals surface area contributed by atoms with Gasteiger partial charge >= 0.3 is 0 Å². The number of tetrazole rings is 1. The number of likely N-dealkylation sites (tertiary alicyclic amines) is 1. The summed E-state index contributed by atoms with van der Waals surface area (Å²) in [5, 5.41) is 20.2. The molecule has 1 amide bonds. The van der Waals surface area contributed by atoms with Crippen molar-refractivity contribution < 1.29 is 9.21 Å². The van der Waals surface area contributed by atoms with E-state index in [1.165, 1.54) is 0 Å². The van der Waals surface area contributed by atoms with Gasteiger partial charge in [0.15, 0.2) is 5.82 Å². The number of rotatable bonds is 6. The number of nitrogens with zero attached hydrogens (tertiary/aromatic N) is 7. The van der Waals surface area contributed by atoms with E-state index in [9.17, 15) is 4.79 Å². The van der Waals surface area contributed by atoms with Crippen LogP contribution in [-0.4, -0.2) is 54.3 Å². The molecule has 0 aliphatic carbocycles. The van der Waals surface area contributed by atoms with E-state index in [4.69, 9.17) is 4.42 Å². The molecule has 1 aliphatic heterocycles. The summed E-state index contributed by atoms with van der Waals surface area (Å²) >= 11 is 0. The number of hydrogen-bond acceptors (Lipinski definition) is 7. The Morgan fingerprint density at radius 2 is 1.97 bits per heavy atom. The number of piperidine rings is 1. The van der Waals surface area contributed by atoms with Crippen LogP contribution in [0.25, 0.3) is 6.08 Å². The van der Waals surface area contributed by atoms with Crippen molar-refractivity contribution in [2.75, 3.05) is 13.1 Å². The Hall–Kier alpha value is -3.36. The predicted molar refractivity (Wildman–Crippen MR) is 114 cm³/mol. The zero-order chi connectivity index (χ0) is 21.8. The maximum Gasteiger partial charge on any atom is 0.246 e. The Morgan fingerprint density at radius 1 is 1.16 bits per heavy atom. The van der Waals surface area contributed by atoms with Crippen molar-refractivity contribution in [1.82, 2.24) is 35.3 Å². The Kier molecular flexibility index (Phi) is 6.20. The summed E-state index contributed by atoms with van der Waals surface area (Å²) in [5.41, 5.74) is 3.18. The zero-order valence-corrected chi connectivity index (χ0v) is 18.2. The summed E-state index contributed by atoms with van der Waals surface area (Å²) in [6, 6.07) is 6.16. The molecule has 3 heterocycles. The van der Waals surface area contributed by atoms with Gasteiger partial charge in [-0.15, -0.1) is 20.4 Å². The highest BCUT2D eigenvalue weighted by molar-refractivity contribution is 5.92. The van der Waals surface area contributed by atoms with E-state index in [0.717, 1.165) is 49.0 Å². The minimum absolute atomic E-state index is 0.0355. The third-order valence-corrected chi connectivity index (χ3v) is 5.53. The van der Waals surface area contributed by atoms with Crippen molar-refractivity contribution in [1.29, 1.82) is 0 Å². The van der Waals surface area contributed by atoms with E-state index in [-0.39, 0.29) is 5.91 Å². The lowest BCUT2D eigenvalue weighted by Gasteiger charge is -2.30. The number of benzene rings is 1. The van der Waals surface area contributed by atoms with Crippen LogP contribution in [0.3, 0.4) is 0 Å². The summed E-state index contributed by atoms with van der Waals surface area (Å²) in [6.45, 7) is 7.64. The van der Waals surface area contributed by atoms with Gasteiger partial charge in [0.25, 0.3) is 0 Å². The second kappa shape index (κ2) is 9.20. The smallest absolute Gasteiger partial charge is 0.246 e. The van der Waals surface area contributed by atoms with Crippen LogP contribution in [0.1, 0.15) is 47.1 Å². The molecule has 1 aromatic carbocycles. The molecular formula is C22H27N7O2. The molecule has 0 radical (unpaired) electrons. The van der Waals surface area contributed by atoms with E-state index >= 15 is 0 Å². The second-order valence-corrected chi connectivity index (χ2v) is 8.09. The molecule has 0 N–H and O–H groups in total. The Labute approximate surface area is 181 Å². The van der Waals surface area contributed by atoms with Gasteiger partial charge in [-0.2, -0.15) is 4.80 Å². The highest BCUT2D eigenvalue weighted by Crippen LogP contribution is 2.22. The van der Waals surface area contributed by atoms with Crippen molar-refractivity contribution in [3.63, 3.8) is 0 Å². The van der Waals surface area contributed by atoms with Gasteiger partial charge in [-0.25, -0.2) is 0 Å². The van der Waals surface area contributed by atoms with Crippen LogP contribution in [0.5, 0.6) is 0 Å². The molecule has 1 saturated heterocycles. The molecule has 9 nitrogen and oxygen atoms in total. The molecule has 0 saturated carbocycles. The minimum atomic E-state index is 0.0355. The number of hydrogen-bond donors (Lipinski definition) is 0. The van der Waals surface area contributed by atoms with Crippen molar-refractivity contribution >= 4 is 12.0 Å². The third-order valence-electron chi connectivity index (χ3n) is 5.53. The van der Waals surface area contributed by atoms with Gasteiger partial charge in [0.05, 0.1) is 6.54 Å². The summed E-state index contributed by atoms with van der Waals surface area (Å²) in [5.74, 6) is 2.42. The molecular weight excluding hydrogens is 394 g/mol. The van der Waals surface area contributed by atoms with Crippen molar-refractivity contribution in [2.45, 2.75) is 46.6 Å². The van der Waals surface area contributed by atoms with Gasteiger partial charge < -0.3 is 9.32 Å². The van der Waals surface area contributed by atoms with Crippen LogP contribution < -0.4 is 0 Å². The van der Waals surface area contributed by atoms with Gasteiger partial charge in [0, 0.05) is 32.5 Å². The van der Waals surface area contributed by atoms with Crippen molar-refractivity contribution in [3.05, 3.63) is 58.6 Å². The van der Waals surface area contributed by atoms with Gasteiger partial charge in [0.1, 0.15) is 0 Å². The molecule has 1 fully saturated rings. The number of carbonyl (C=O) groups is 1. The van der Waals surface area contributed by atoms with Crippen LogP contribution in [-0.2, 0) is 17.8 Å². The van der Waals surface area contributed by atoms with Crippen LogP contribution in [0, 0.1) is 26.7 Å². The minimum Gasteiger partial charge on any atom is -0.426 e. The molecule has 1 aliphatic rings. The standard InChI is InChI=1S/C22H27N7O2/c1-15-4-5-19(20(12-15)14-29-26-16(2)23-27-29)6-7-22(30)28-10-8-18(9-11-28)13-21-25-24-17(3)31-21/h4-7,12,18H,8-11,13-14H2,1-3H3. The molecule has 9 heteroatoms. The molecule has 0 spiro atoms. The van der Waals surface area contributed by atoms with E-state index in [0.29, 0.717) is 30.1 Å². The monoisotopic (exact) mass is 421 g/mol. The number of aromatic nitrogens is 6. The highest BCUT2D eigenvalue weighted by Gasteiger charge is 2.23. The fraction of sp³-hybridized carbons (Fsp3) is 0.455. The lowest BCUT2D eigenvalue weighted by molar-refractivity contribution is -0.127. The quantitative estimate of drug-likeness (QED) is 0.564. The zero-order valence-electron chi connectivity index (χ0n) is 18.2. The molecule has 162 valence electrons. The van der Waals surface area contributed by atoms with E-state index in [1.807, 2.05) is 37.0 Å². The molecule has 2 aromatic heterocycles. The molecule has 31 heavy (non-hydrogen) atoms. The number of carbonyl (C=O) groups excluding carboxylic acids is 1. The molecule has 0 bridgehead atoms. The largest absolute Gasteiger partial charge is 0.426 e.